The summed E-state index contributed by atoms with van der Waals surface area (Å²) in [4.78, 5) is 17.2. The van der Waals surface area contributed by atoms with Crippen molar-refractivity contribution in [1.82, 2.24) is 9.29 Å². The third kappa shape index (κ3) is 4.01. The van der Waals surface area contributed by atoms with Gasteiger partial charge < -0.3 is 10.1 Å². The van der Waals surface area contributed by atoms with Crippen LogP contribution in [0.25, 0.3) is 10.9 Å². The fourth-order valence-corrected chi connectivity index (χ4v) is 5.43. The van der Waals surface area contributed by atoms with E-state index < -0.39 is 15.9 Å². The van der Waals surface area contributed by atoms with Crippen LogP contribution in [0.4, 0.5) is 5.69 Å². The Hall–Kier alpha value is -2.97. The number of nitrogens with zero attached hydrogens (tertiary/aromatic N) is 2. The summed E-state index contributed by atoms with van der Waals surface area (Å²) >= 11 is 0. The third-order valence-electron chi connectivity index (χ3n) is 5.31. The van der Waals surface area contributed by atoms with E-state index in [1.54, 1.807) is 55.8 Å². The van der Waals surface area contributed by atoms with Gasteiger partial charge >= 0.3 is 0 Å². The Morgan fingerprint density at radius 2 is 1.97 bits per heavy atom. The minimum atomic E-state index is -3.77. The fraction of sp³-hybridized carbons (Fsp3) is 0.273. The molecule has 1 aliphatic heterocycles. The molecule has 7 nitrogen and oxygen atoms in total. The smallest absolute Gasteiger partial charge is 0.245 e. The van der Waals surface area contributed by atoms with Crippen molar-refractivity contribution in [3.8, 4) is 5.75 Å². The summed E-state index contributed by atoms with van der Waals surface area (Å²) in [6, 6.07) is 15.8. The van der Waals surface area contributed by atoms with E-state index in [2.05, 4.69) is 10.3 Å². The Morgan fingerprint density at radius 1 is 1.17 bits per heavy atom. The largest absolute Gasteiger partial charge is 0.497 e. The van der Waals surface area contributed by atoms with E-state index >= 15 is 0 Å². The van der Waals surface area contributed by atoms with Crippen LogP contribution in [-0.4, -0.2) is 43.8 Å². The number of nitrogens with one attached hydrogen (secondary N) is 1. The lowest BCUT2D eigenvalue weighted by Crippen LogP contribution is -2.43. The molecule has 0 bridgehead atoms. The van der Waals surface area contributed by atoms with Crippen LogP contribution in [0.1, 0.15) is 12.8 Å². The zero-order valence-corrected chi connectivity index (χ0v) is 17.4. The normalized spacial score (nSPS) is 17.6. The van der Waals surface area contributed by atoms with Gasteiger partial charge in [-0.3, -0.25) is 9.78 Å². The summed E-state index contributed by atoms with van der Waals surface area (Å²) in [7, 11) is -2.21. The molecule has 1 atom stereocenters. The summed E-state index contributed by atoms with van der Waals surface area (Å²) in [6.45, 7) is 0.524. The number of carbonyl (C=O) groups is 1. The molecule has 1 fully saturated rings. The minimum Gasteiger partial charge on any atom is -0.497 e. The Balaban J connectivity index is 1.55. The maximum Gasteiger partial charge on any atom is 0.245 e. The summed E-state index contributed by atoms with van der Waals surface area (Å²) in [5, 5.41) is 3.64. The number of ether oxygens (including phenoxy) is 1. The van der Waals surface area contributed by atoms with Crippen LogP contribution >= 0.6 is 0 Å². The number of methoxy groups -OCH3 is 1. The second-order valence-electron chi connectivity index (χ2n) is 7.25. The van der Waals surface area contributed by atoms with Gasteiger partial charge in [-0.05, 0) is 37.1 Å². The molecule has 0 unspecified atom stereocenters. The molecular formula is C22H23N3O4S. The van der Waals surface area contributed by atoms with Crippen molar-refractivity contribution < 1.29 is 17.9 Å². The Bertz CT molecular complexity index is 1170. The van der Waals surface area contributed by atoms with Gasteiger partial charge in [0.25, 0.3) is 0 Å². The van der Waals surface area contributed by atoms with Crippen LogP contribution < -0.4 is 10.1 Å². The number of sulfonamides is 1. The molecule has 4 rings (SSSR count). The molecule has 0 saturated carbocycles. The molecule has 156 valence electrons. The number of piperidine rings is 1. The predicted octanol–water partition coefficient (Wildman–Crippen LogP) is 3.28. The molecule has 1 N–H and O–H groups in total. The van der Waals surface area contributed by atoms with E-state index in [1.807, 2.05) is 12.1 Å². The molecule has 1 aliphatic rings. The van der Waals surface area contributed by atoms with Gasteiger partial charge in [0, 0.05) is 36.4 Å². The highest BCUT2D eigenvalue weighted by Gasteiger charge is 2.34. The monoisotopic (exact) mass is 425 g/mol. The first-order valence-electron chi connectivity index (χ1n) is 9.78. The number of anilines is 1. The van der Waals surface area contributed by atoms with Crippen LogP contribution in [0.15, 0.2) is 65.7 Å². The zero-order valence-electron chi connectivity index (χ0n) is 16.6. The molecule has 2 heterocycles. The molecule has 0 radical (unpaired) electrons. The summed E-state index contributed by atoms with van der Waals surface area (Å²) in [6.07, 6.45) is 2.84. The molecule has 30 heavy (non-hydrogen) atoms. The molecular weight excluding hydrogens is 402 g/mol. The number of rotatable bonds is 5. The second-order valence-corrected chi connectivity index (χ2v) is 9.16. The fourth-order valence-electron chi connectivity index (χ4n) is 3.74. The van der Waals surface area contributed by atoms with Crippen LogP contribution in [0.2, 0.25) is 0 Å². The molecule has 3 aromatic rings. The van der Waals surface area contributed by atoms with E-state index in [0.717, 1.165) is 5.39 Å². The number of carbonyl (C=O) groups excluding carboxylic acids is 1. The minimum absolute atomic E-state index is 0.140. The average molecular weight is 426 g/mol. The zero-order chi connectivity index (χ0) is 21.1. The van der Waals surface area contributed by atoms with Crippen LogP contribution in [0, 0.1) is 5.92 Å². The molecule has 0 spiro atoms. The van der Waals surface area contributed by atoms with E-state index in [1.165, 1.54) is 4.31 Å². The number of fused-ring (bicyclic) bond motifs is 1. The van der Waals surface area contributed by atoms with Crippen molar-refractivity contribution >= 4 is 32.5 Å². The van der Waals surface area contributed by atoms with Crippen molar-refractivity contribution in [3.05, 3.63) is 60.8 Å². The number of hydrogen-bond acceptors (Lipinski definition) is 5. The van der Waals surface area contributed by atoms with E-state index in [4.69, 9.17) is 4.74 Å². The maximum absolute atomic E-state index is 13.3. The Morgan fingerprint density at radius 3 is 2.80 bits per heavy atom. The highest BCUT2D eigenvalue weighted by Crippen LogP contribution is 2.28. The molecule has 0 aliphatic carbocycles. The topological polar surface area (TPSA) is 88.6 Å². The van der Waals surface area contributed by atoms with Gasteiger partial charge in [0.2, 0.25) is 15.9 Å². The molecule has 1 saturated heterocycles. The Kier molecular flexibility index (Phi) is 5.69. The standard InChI is InChI=1S/C22H23N3O4S/c1-29-19-10-3-9-18(14-19)24-22(26)17-8-5-13-25(15-17)30(27,28)20-11-2-6-16-7-4-12-23-21(16)20/h2-4,6-7,9-12,14,17H,5,8,13,15H2,1H3,(H,24,26)/t17-/m1/s1. The summed E-state index contributed by atoms with van der Waals surface area (Å²) in [5.41, 5.74) is 1.07. The average Bonchev–Trinajstić information content (AvgIpc) is 2.79. The van der Waals surface area contributed by atoms with Gasteiger partial charge in [0.1, 0.15) is 10.6 Å². The van der Waals surface area contributed by atoms with Gasteiger partial charge in [-0.15, -0.1) is 0 Å². The number of hydrogen-bond donors (Lipinski definition) is 1. The first kappa shape index (κ1) is 20.3. The highest BCUT2D eigenvalue weighted by atomic mass is 32.2. The lowest BCUT2D eigenvalue weighted by atomic mass is 9.98. The van der Waals surface area contributed by atoms with Gasteiger partial charge in [0.15, 0.2) is 0 Å². The van der Waals surface area contributed by atoms with E-state index in [-0.39, 0.29) is 17.3 Å². The number of aromatic nitrogens is 1. The van der Waals surface area contributed by atoms with Crippen molar-refractivity contribution in [1.29, 1.82) is 0 Å². The highest BCUT2D eigenvalue weighted by molar-refractivity contribution is 7.89. The second kappa shape index (κ2) is 8.41. The van der Waals surface area contributed by atoms with Gasteiger partial charge in [-0.2, -0.15) is 4.31 Å². The number of para-hydroxylation sites is 1. The van der Waals surface area contributed by atoms with Crippen LogP contribution in [0.3, 0.4) is 0 Å². The lowest BCUT2D eigenvalue weighted by Gasteiger charge is -2.31. The van der Waals surface area contributed by atoms with Crippen LogP contribution in [-0.2, 0) is 14.8 Å². The SMILES string of the molecule is COc1cccc(NC(=O)[C@@H]2CCCN(S(=O)(=O)c3cccc4cccnc34)C2)c1. The summed E-state index contributed by atoms with van der Waals surface area (Å²) in [5.74, 6) is 0.0194. The number of benzene rings is 2. The first-order chi connectivity index (χ1) is 14.5. The molecule has 2 aromatic carbocycles. The van der Waals surface area contributed by atoms with Crippen molar-refractivity contribution in [2.45, 2.75) is 17.7 Å². The van der Waals surface area contributed by atoms with Crippen LogP contribution in [0.5, 0.6) is 5.75 Å². The van der Waals surface area contributed by atoms with Crippen molar-refractivity contribution in [2.24, 2.45) is 5.92 Å². The maximum atomic E-state index is 13.3. The third-order valence-corrected chi connectivity index (χ3v) is 7.20. The van der Waals surface area contributed by atoms with Gasteiger partial charge in [-0.25, -0.2) is 8.42 Å². The quantitative estimate of drug-likeness (QED) is 0.678. The van der Waals surface area contributed by atoms with Gasteiger partial charge in [0.05, 0.1) is 18.5 Å². The van der Waals surface area contributed by atoms with Crippen molar-refractivity contribution in [2.75, 3.05) is 25.5 Å². The first-order valence-corrected chi connectivity index (χ1v) is 11.2. The lowest BCUT2D eigenvalue weighted by molar-refractivity contribution is -0.120. The van der Waals surface area contributed by atoms with Gasteiger partial charge in [-0.1, -0.05) is 24.3 Å². The molecule has 8 heteroatoms. The number of pyridine rings is 1. The predicted molar refractivity (Wildman–Crippen MR) is 115 cm³/mol. The van der Waals surface area contributed by atoms with E-state index in [0.29, 0.717) is 36.3 Å². The number of amides is 1. The summed E-state index contributed by atoms with van der Waals surface area (Å²) < 4.78 is 33.3. The van der Waals surface area contributed by atoms with E-state index in [9.17, 15) is 13.2 Å². The van der Waals surface area contributed by atoms with Crippen molar-refractivity contribution in [3.63, 3.8) is 0 Å². The molecule has 1 amide bonds. The Labute approximate surface area is 175 Å². The molecule has 1 aromatic heterocycles.